The van der Waals surface area contributed by atoms with Crippen LogP contribution >= 0.6 is 23.2 Å². The van der Waals surface area contributed by atoms with Gasteiger partial charge in [0.1, 0.15) is 6.61 Å². The van der Waals surface area contributed by atoms with E-state index < -0.39 is 34.4 Å². The second-order valence-corrected chi connectivity index (χ2v) is 10.2. The Kier molecular flexibility index (Phi) is 7.86. The van der Waals surface area contributed by atoms with E-state index in [4.69, 9.17) is 37.4 Å². The molecule has 1 aliphatic rings. The summed E-state index contributed by atoms with van der Waals surface area (Å²) in [6.07, 6.45) is 0.349. The third-order valence-corrected chi connectivity index (χ3v) is 7.08. The molecule has 0 saturated carbocycles. The van der Waals surface area contributed by atoms with Crippen LogP contribution in [0.2, 0.25) is 10.0 Å². The van der Waals surface area contributed by atoms with Crippen molar-refractivity contribution in [2.24, 2.45) is 0 Å². The molecule has 0 aliphatic carbocycles. The van der Waals surface area contributed by atoms with Gasteiger partial charge in [-0.2, -0.15) is 0 Å². The molecule has 8 nitrogen and oxygen atoms in total. The highest BCUT2D eigenvalue weighted by atomic mass is 35.5. The maximum Gasteiger partial charge on any atom is 0.338 e. The van der Waals surface area contributed by atoms with E-state index in [1.807, 2.05) is 0 Å². The molecular formula is C21H21Cl2NO7S. The normalized spacial score (nSPS) is 16.9. The number of carbonyl (C=O) groups is 2. The van der Waals surface area contributed by atoms with Crippen molar-refractivity contribution in [3.63, 3.8) is 0 Å². The molecule has 0 radical (unpaired) electrons. The summed E-state index contributed by atoms with van der Waals surface area (Å²) in [6, 6.07) is 9.05. The highest BCUT2D eigenvalue weighted by Gasteiger charge is 2.29. The average molecular weight is 502 g/mol. The van der Waals surface area contributed by atoms with Gasteiger partial charge in [-0.15, -0.1) is 0 Å². The molecule has 2 aromatic carbocycles. The number of carbonyl (C=O) groups excluding carboxylic acids is 2. The van der Waals surface area contributed by atoms with Gasteiger partial charge in [-0.1, -0.05) is 29.3 Å². The fourth-order valence-corrected chi connectivity index (χ4v) is 5.24. The number of amides is 1. The van der Waals surface area contributed by atoms with Gasteiger partial charge in [0, 0.05) is 21.7 Å². The molecule has 1 aliphatic heterocycles. The first kappa shape index (κ1) is 24.2. The lowest BCUT2D eigenvalue weighted by molar-refractivity contribution is -0.124. The molecule has 11 heteroatoms. The minimum atomic E-state index is -3.12. The van der Waals surface area contributed by atoms with Gasteiger partial charge >= 0.3 is 5.97 Å². The van der Waals surface area contributed by atoms with Crippen molar-refractivity contribution in [1.29, 1.82) is 0 Å². The zero-order valence-electron chi connectivity index (χ0n) is 17.1. The number of hydrogen-bond donors (Lipinski definition) is 1. The van der Waals surface area contributed by atoms with Gasteiger partial charge in [0.05, 0.1) is 24.2 Å². The van der Waals surface area contributed by atoms with E-state index in [1.54, 1.807) is 24.3 Å². The third-order valence-electron chi connectivity index (χ3n) is 4.73. The summed E-state index contributed by atoms with van der Waals surface area (Å²) in [6.45, 7) is -0.363. The number of ether oxygens (including phenoxy) is 3. The van der Waals surface area contributed by atoms with E-state index in [1.165, 1.54) is 19.2 Å². The van der Waals surface area contributed by atoms with E-state index in [-0.39, 0.29) is 23.7 Å². The molecule has 1 fully saturated rings. The maximum atomic E-state index is 12.3. The Hall–Kier alpha value is -2.49. The second-order valence-electron chi connectivity index (χ2n) is 7.13. The molecule has 1 atom stereocenters. The summed E-state index contributed by atoms with van der Waals surface area (Å²) in [5.74, 6) is -0.680. The van der Waals surface area contributed by atoms with Crippen LogP contribution in [0.1, 0.15) is 22.3 Å². The summed E-state index contributed by atoms with van der Waals surface area (Å²) < 4.78 is 38.9. The number of methoxy groups -OCH3 is 1. The van der Waals surface area contributed by atoms with Crippen molar-refractivity contribution in [2.45, 2.75) is 19.1 Å². The Bertz CT molecular complexity index is 1120. The maximum absolute atomic E-state index is 12.3. The van der Waals surface area contributed by atoms with Gasteiger partial charge in [-0.05, 0) is 36.8 Å². The molecule has 0 spiro atoms. The Morgan fingerprint density at radius 3 is 2.56 bits per heavy atom. The zero-order chi connectivity index (χ0) is 23.3. The molecule has 0 bridgehead atoms. The summed E-state index contributed by atoms with van der Waals surface area (Å²) in [5, 5.41) is 3.53. The van der Waals surface area contributed by atoms with Gasteiger partial charge in [0.2, 0.25) is 0 Å². The van der Waals surface area contributed by atoms with Crippen LogP contribution in [0.4, 0.5) is 0 Å². The Labute approximate surface area is 195 Å². The molecule has 172 valence electrons. The quantitative estimate of drug-likeness (QED) is 0.553. The first-order valence-corrected chi connectivity index (χ1v) is 12.2. The second kappa shape index (κ2) is 10.4. The van der Waals surface area contributed by atoms with Crippen LogP contribution in [-0.4, -0.2) is 51.6 Å². The molecule has 32 heavy (non-hydrogen) atoms. The van der Waals surface area contributed by atoms with E-state index in [0.717, 1.165) is 5.56 Å². The van der Waals surface area contributed by atoms with E-state index >= 15 is 0 Å². The fraction of sp³-hybridized carbons (Fsp3) is 0.333. The lowest BCUT2D eigenvalue weighted by Gasteiger charge is -2.13. The molecule has 1 unspecified atom stereocenters. The minimum absolute atomic E-state index is 0.0379. The van der Waals surface area contributed by atoms with Crippen molar-refractivity contribution < 1.29 is 32.2 Å². The van der Waals surface area contributed by atoms with Crippen molar-refractivity contribution in [2.75, 3.05) is 25.2 Å². The van der Waals surface area contributed by atoms with E-state index in [9.17, 15) is 18.0 Å². The Balaban J connectivity index is 1.56. The smallest absolute Gasteiger partial charge is 0.338 e. The van der Waals surface area contributed by atoms with Crippen LogP contribution in [0, 0.1) is 0 Å². The Morgan fingerprint density at radius 2 is 1.91 bits per heavy atom. The number of nitrogens with one attached hydrogen (secondary N) is 1. The third kappa shape index (κ3) is 6.51. The standard InChI is InChI=1S/C21H21Cl2NO7S/c1-29-19-8-13(3-5-18(19)30-10-14-2-4-15(22)9-17(14)23)21(26)31-11-20(25)24-16-6-7-32(27,28)12-16/h2-5,8-9,16H,6-7,10-12H2,1H3,(H,24,25). The molecule has 1 saturated heterocycles. The van der Waals surface area contributed by atoms with Crippen LogP contribution in [0.25, 0.3) is 0 Å². The molecular weight excluding hydrogens is 481 g/mol. The monoisotopic (exact) mass is 501 g/mol. The van der Waals surface area contributed by atoms with Crippen LogP contribution in [-0.2, 0) is 26.0 Å². The van der Waals surface area contributed by atoms with Crippen molar-refractivity contribution in [3.05, 3.63) is 57.6 Å². The number of rotatable bonds is 8. The summed E-state index contributed by atoms with van der Waals surface area (Å²) in [7, 11) is -1.69. The molecule has 3 rings (SSSR count). The van der Waals surface area contributed by atoms with E-state index in [0.29, 0.717) is 28.0 Å². The fourth-order valence-electron chi connectivity index (χ4n) is 3.10. The van der Waals surface area contributed by atoms with Gasteiger partial charge in [-0.3, -0.25) is 4.79 Å². The summed E-state index contributed by atoms with van der Waals surface area (Å²) >= 11 is 12.0. The summed E-state index contributed by atoms with van der Waals surface area (Å²) in [4.78, 5) is 24.2. The number of sulfone groups is 1. The summed E-state index contributed by atoms with van der Waals surface area (Å²) in [5.41, 5.74) is 0.887. The number of hydrogen-bond acceptors (Lipinski definition) is 7. The predicted molar refractivity (Wildman–Crippen MR) is 119 cm³/mol. The Morgan fingerprint density at radius 1 is 1.12 bits per heavy atom. The highest BCUT2D eigenvalue weighted by Crippen LogP contribution is 2.30. The van der Waals surface area contributed by atoms with Crippen LogP contribution < -0.4 is 14.8 Å². The molecule has 2 aromatic rings. The molecule has 1 N–H and O–H groups in total. The minimum Gasteiger partial charge on any atom is -0.493 e. The lowest BCUT2D eigenvalue weighted by Crippen LogP contribution is -2.38. The van der Waals surface area contributed by atoms with Gasteiger partial charge < -0.3 is 19.5 Å². The highest BCUT2D eigenvalue weighted by molar-refractivity contribution is 7.91. The number of benzene rings is 2. The predicted octanol–water partition coefficient (Wildman–Crippen LogP) is 3.04. The van der Waals surface area contributed by atoms with Crippen molar-refractivity contribution in [3.8, 4) is 11.5 Å². The van der Waals surface area contributed by atoms with Crippen LogP contribution in [0.3, 0.4) is 0 Å². The zero-order valence-corrected chi connectivity index (χ0v) is 19.4. The van der Waals surface area contributed by atoms with Crippen molar-refractivity contribution >= 4 is 44.9 Å². The first-order chi connectivity index (χ1) is 15.2. The van der Waals surface area contributed by atoms with Crippen LogP contribution in [0.15, 0.2) is 36.4 Å². The van der Waals surface area contributed by atoms with Gasteiger partial charge in [0.15, 0.2) is 27.9 Å². The largest absolute Gasteiger partial charge is 0.493 e. The average Bonchev–Trinajstić information content (AvgIpc) is 3.09. The first-order valence-electron chi connectivity index (χ1n) is 9.58. The van der Waals surface area contributed by atoms with Gasteiger partial charge in [0.25, 0.3) is 5.91 Å². The molecule has 1 amide bonds. The van der Waals surface area contributed by atoms with Crippen LogP contribution in [0.5, 0.6) is 11.5 Å². The number of esters is 1. The SMILES string of the molecule is COc1cc(C(=O)OCC(=O)NC2CCS(=O)(=O)C2)ccc1OCc1ccc(Cl)cc1Cl. The van der Waals surface area contributed by atoms with Crippen molar-refractivity contribution in [1.82, 2.24) is 5.32 Å². The molecule has 1 heterocycles. The lowest BCUT2D eigenvalue weighted by atomic mass is 10.2. The molecule has 0 aromatic heterocycles. The topological polar surface area (TPSA) is 108 Å². The van der Waals surface area contributed by atoms with E-state index in [2.05, 4.69) is 5.32 Å². The van der Waals surface area contributed by atoms with Gasteiger partial charge in [-0.25, -0.2) is 13.2 Å². The number of halogens is 2.